The lowest BCUT2D eigenvalue weighted by molar-refractivity contribution is -0.127. The summed E-state index contributed by atoms with van der Waals surface area (Å²) in [5.41, 5.74) is 2.70. The molecular formula is C19H20N2O. The molecule has 0 spiro atoms. The van der Waals surface area contributed by atoms with Crippen LogP contribution in [-0.4, -0.2) is 23.6 Å². The van der Waals surface area contributed by atoms with Crippen LogP contribution in [0.4, 0.5) is 0 Å². The van der Waals surface area contributed by atoms with Crippen LogP contribution in [0, 0.1) is 5.41 Å². The first-order valence-electron chi connectivity index (χ1n) is 7.31. The standard InChI is InChI=1S/C19H20N2O/c1-3-18(22)21(2)17-14-10-5-4-9-13-16(17)19(20)15-11-7-6-8-12-15/h4-14,20H,3H2,1-2H3/b5-4-,9-4?,10-5?,13-9-,14-10-,16-13?,17-14?,17-16-,20-19?. The Bertz CT molecular complexity index is 679. The fourth-order valence-corrected chi connectivity index (χ4v) is 2.24. The number of allylic oxidation sites excluding steroid dienone is 7. The Labute approximate surface area is 131 Å². The van der Waals surface area contributed by atoms with Crippen LogP contribution in [0.2, 0.25) is 0 Å². The fourth-order valence-electron chi connectivity index (χ4n) is 2.24. The van der Waals surface area contributed by atoms with Crippen LogP contribution in [-0.2, 0) is 4.79 Å². The van der Waals surface area contributed by atoms with Crippen molar-refractivity contribution in [1.82, 2.24) is 4.90 Å². The normalized spacial score (nSPS) is 21.4. The lowest BCUT2D eigenvalue weighted by Gasteiger charge is -2.22. The molecule has 1 amide bonds. The van der Waals surface area contributed by atoms with Crippen molar-refractivity contribution in [2.45, 2.75) is 13.3 Å². The average Bonchev–Trinajstić information content (AvgIpc) is 2.54. The summed E-state index contributed by atoms with van der Waals surface area (Å²) in [5.74, 6) is 0.0240. The first-order valence-corrected chi connectivity index (χ1v) is 7.31. The summed E-state index contributed by atoms with van der Waals surface area (Å²) in [6, 6.07) is 9.55. The molecule has 0 saturated carbocycles. The van der Waals surface area contributed by atoms with Crippen molar-refractivity contribution in [3.8, 4) is 0 Å². The molecule has 112 valence electrons. The van der Waals surface area contributed by atoms with Gasteiger partial charge in [0.2, 0.25) is 5.91 Å². The van der Waals surface area contributed by atoms with Gasteiger partial charge in [0, 0.05) is 24.6 Å². The maximum Gasteiger partial charge on any atom is 0.226 e. The molecule has 1 aliphatic carbocycles. The highest BCUT2D eigenvalue weighted by molar-refractivity contribution is 6.13. The molecule has 22 heavy (non-hydrogen) atoms. The second-order valence-electron chi connectivity index (χ2n) is 4.95. The number of hydrogen-bond donors (Lipinski definition) is 1. The minimum Gasteiger partial charge on any atom is -0.315 e. The smallest absolute Gasteiger partial charge is 0.226 e. The van der Waals surface area contributed by atoms with Crippen LogP contribution >= 0.6 is 0 Å². The molecular weight excluding hydrogens is 272 g/mol. The molecule has 3 heteroatoms. The second kappa shape index (κ2) is 7.36. The van der Waals surface area contributed by atoms with Crippen LogP contribution in [0.5, 0.6) is 0 Å². The minimum absolute atomic E-state index is 0.0240. The number of hydrogen-bond acceptors (Lipinski definition) is 2. The van der Waals surface area contributed by atoms with E-state index < -0.39 is 0 Å². The molecule has 1 N–H and O–H groups in total. The molecule has 0 bridgehead atoms. The summed E-state index contributed by atoms with van der Waals surface area (Å²) in [7, 11) is 1.75. The Hall–Kier alpha value is -2.68. The number of benzene rings is 1. The predicted molar refractivity (Wildman–Crippen MR) is 90.8 cm³/mol. The first-order chi connectivity index (χ1) is 10.6. The Morgan fingerprint density at radius 1 is 1.05 bits per heavy atom. The zero-order valence-electron chi connectivity index (χ0n) is 12.9. The van der Waals surface area contributed by atoms with E-state index in [1.807, 2.05) is 73.7 Å². The van der Waals surface area contributed by atoms with Gasteiger partial charge in [-0.1, -0.05) is 67.6 Å². The van der Waals surface area contributed by atoms with Crippen molar-refractivity contribution in [1.29, 1.82) is 5.41 Å². The molecule has 1 aromatic carbocycles. The lowest BCUT2D eigenvalue weighted by Crippen LogP contribution is -2.26. The van der Waals surface area contributed by atoms with E-state index in [0.717, 1.165) is 16.8 Å². The molecule has 0 fully saturated rings. The molecule has 0 unspecified atom stereocenters. The van der Waals surface area contributed by atoms with E-state index in [4.69, 9.17) is 5.41 Å². The number of nitrogens with one attached hydrogen (secondary N) is 1. The Morgan fingerprint density at radius 2 is 1.68 bits per heavy atom. The zero-order chi connectivity index (χ0) is 15.9. The first kappa shape index (κ1) is 15.7. The monoisotopic (exact) mass is 292 g/mol. The van der Waals surface area contributed by atoms with E-state index in [1.54, 1.807) is 11.9 Å². The quantitative estimate of drug-likeness (QED) is 0.841. The van der Waals surface area contributed by atoms with Crippen molar-refractivity contribution in [3.05, 3.63) is 83.6 Å². The van der Waals surface area contributed by atoms with E-state index in [9.17, 15) is 4.79 Å². The van der Waals surface area contributed by atoms with Crippen LogP contribution in [0.15, 0.2) is 78.1 Å². The van der Waals surface area contributed by atoms with Gasteiger partial charge in [-0.3, -0.25) is 10.2 Å². The van der Waals surface area contributed by atoms with Gasteiger partial charge in [-0.05, 0) is 6.08 Å². The summed E-state index contributed by atoms with van der Waals surface area (Å²) in [5, 5.41) is 8.51. The highest BCUT2D eigenvalue weighted by atomic mass is 16.2. The van der Waals surface area contributed by atoms with Gasteiger partial charge in [0.1, 0.15) is 0 Å². The van der Waals surface area contributed by atoms with Gasteiger partial charge in [0.05, 0.1) is 11.4 Å². The van der Waals surface area contributed by atoms with E-state index in [-0.39, 0.29) is 5.91 Å². The van der Waals surface area contributed by atoms with E-state index in [2.05, 4.69) is 0 Å². The topological polar surface area (TPSA) is 44.2 Å². The van der Waals surface area contributed by atoms with Gasteiger partial charge in [-0.15, -0.1) is 0 Å². The molecule has 1 aromatic rings. The van der Waals surface area contributed by atoms with Crippen LogP contribution in [0.25, 0.3) is 0 Å². The van der Waals surface area contributed by atoms with Crippen LogP contribution < -0.4 is 0 Å². The number of likely N-dealkylation sites (N-methyl/N-ethyl adjacent to an activating group) is 1. The molecule has 0 aliphatic heterocycles. The third-order valence-corrected chi connectivity index (χ3v) is 3.50. The van der Waals surface area contributed by atoms with Gasteiger partial charge in [0.15, 0.2) is 0 Å². The summed E-state index contributed by atoms with van der Waals surface area (Å²) in [6.45, 7) is 1.84. The predicted octanol–water partition coefficient (Wildman–Crippen LogP) is 3.86. The maximum absolute atomic E-state index is 12.1. The van der Waals surface area contributed by atoms with Gasteiger partial charge < -0.3 is 4.90 Å². The van der Waals surface area contributed by atoms with E-state index in [0.29, 0.717) is 12.1 Å². The summed E-state index contributed by atoms with van der Waals surface area (Å²) in [6.07, 6.45) is 11.8. The molecule has 0 radical (unpaired) electrons. The molecule has 0 atom stereocenters. The number of carbonyl (C=O) groups is 1. The van der Waals surface area contributed by atoms with E-state index in [1.165, 1.54) is 0 Å². The number of nitrogens with zero attached hydrogens (tertiary/aromatic N) is 1. The highest BCUT2D eigenvalue weighted by Crippen LogP contribution is 2.19. The third kappa shape index (κ3) is 3.50. The molecule has 3 nitrogen and oxygen atoms in total. The summed E-state index contributed by atoms with van der Waals surface area (Å²) < 4.78 is 0. The van der Waals surface area contributed by atoms with Crippen LogP contribution in [0.1, 0.15) is 18.9 Å². The number of carbonyl (C=O) groups excluding carboxylic acids is 1. The van der Waals surface area contributed by atoms with Gasteiger partial charge >= 0.3 is 0 Å². The second-order valence-corrected chi connectivity index (χ2v) is 4.95. The van der Waals surface area contributed by atoms with Crippen LogP contribution in [0.3, 0.4) is 0 Å². The largest absolute Gasteiger partial charge is 0.315 e. The molecule has 0 heterocycles. The van der Waals surface area contributed by atoms with E-state index >= 15 is 0 Å². The van der Waals surface area contributed by atoms with Gasteiger partial charge in [-0.2, -0.15) is 0 Å². The third-order valence-electron chi connectivity index (χ3n) is 3.50. The number of rotatable bonds is 4. The molecule has 0 saturated heterocycles. The Balaban J connectivity index is 2.52. The van der Waals surface area contributed by atoms with Gasteiger partial charge in [-0.25, -0.2) is 0 Å². The minimum atomic E-state index is 0.0240. The number of amides is 1. The Morgan fingerprint density at radius 3 is 2.32 bits per heavy atom. The SMILES string of the molecule is CCC(=O)N(C)C1=C(C(=N)c2ccccc2)/C=C\C=C/C=C\1. The van der Waals surface area contributed by atoms with Crippen molar-refractivity contribution in [3.63, 3.8) is 0 Å². The lowest BCUT2D eigenvalue weighted by atomic mass is 9.98. The summed E-state index contributed by atoms with van der Waals surface area (Å²) in [4.78, 5) is 13.7. The highest BCUT2D eigenvalue weighted by Gasteiger charge is 2.17. The molecule has 0 aromatic heterocycles. The van der Waals surface area contributed by atoms with Gasteiger partial charge in [0.25, 0.3) is 0 Å². The summed E-state index contributed by atoms with van der Waals surface area (Å²) >= 11 is 0. The van der Waals surface area contributed by atoms with Crippen molar-refractivity contribution in [2.75, 3.05) is 7.05 Å². The Kier molecular flexibility index (Phi) is 5.26. The van der Waals surface area contributed by atoms with Crippen molar-refractivity contribution < 1.29 is 4.79 Å². The molecule has 1 aliphatic rings. The zero-order valence-corrected chi connectivity index (χ0v) is 12.9. The average molecular weight is 292 g/mol. The van der Waals surface area contributed by atoms with Crippen molar-refractivity contribution >= 4 is 11.6 Å². The van der Waals surface area contributed by atoms with Crippen molar-refractivity contribution in [2.24, 2.45) is 0 Å². The fraction of sp³-hybridized carbons (Fsp3) is 0.158. The maximum atomic E-state index is 12.1. The molecule has 2 rings (SSSR count).